The largest absolute Gasteiger partial charge is 0.465 e. The SMILES string of the molecule is CCOC(=O)C1(NC)CCC(OCC2CCOC2)C1. The molecule has 5 heteroatoms. The van der Waals surface area contributed by atoms with Gasteiger partial charge < -0.3 is 19.5 Å². The number of esters is 1. The first-order chi connectivity index (χ1) is 9.20. The molecule has 0 bridgehead atoms. The summed E-state index contributed by atoms with van der Waals surface area (Å²) in [6.07, 6.45) is 3.64. The first kappa shape index (κ1) is 14.8. The molecule has 1 N–H and O–H groups in total. The highest BCUT2D eigenvalue weighted by Crippen LogP contribution is 2.33. The molecule has 2 aliphatic rings. The van der Waals surface area contributed by atoms with Crippen molar-refractivity contribution in [3.8, 4) is 0 Å². The van der Waals surface area contributed by atoms with Crippen LogP contribution in [0.3, 0.4) is 0 Å². The van der Waals surface area contributed by atoms with Crippen LogP contribution in [-0.4, -0.2) is 51.1 Å². The predicted octanol–water partition coefficient (Wildman–Crippen LogP) is 1.11. The van der Waals surface area contributed by atoms with E-state index < -0.39 is 5.54 Å². The van der Waals surface area contributed by atoms with Gasteiger partial charge in [0.25, 0.3) is 0 Å². The first-order valence-electron chi connectivity index (χ1n) is 7.25. The van der Waals surface area contributed by atoms with Crippen LogP contribution in [0.25, 0.3) is 0 Å². The topological polar surface area (TPSA) is 56.8 Å². The van der Waals surface area contributed by atoms with Crippen LogP contribution < -0.4 is 5.32 Å². The van der Waals surface area contributed by atoms with E-state index in [2.05, 4.69) is 5.32 Å². The molecule has 0 aromatic carbocycles. The van der Waals surface area contributed by atoms with E-state index in [1.807, 2.05) is 14.0 Å². The van der Waals surface area contributed by atoms with E-state index in [1.165, 1.54) is 0 Å². The highest BCUT2D eigenvalue weighted by Gasteiger charge is 2.46. The fourth-order valence-electron chi connectivity index (χ4n) is 2.91. The summed E-state index contributed by atoms with van der Waals surface area (Å²) >= 11 is 0. The van der Waals surface area contributed by atoms with E-state index in [4.69, 9.17) is 14.2 Å². The van der Waals surface area contributed by atoms with Crippen LogP contribution >= 0.6 is 0 Å². The molecule has 1 saturated carbocycles. The normalized spacial score (nSPS) is 34.6. The molecule has 0 amide bonds. The number of rotatable bonds is 6. The Labute approximate surface area is 115 Å². The standard InChI is InChI=1S/C14H25NO4/c1-3-18-13(16)14(15-2)6-4-12(8-14)19-10-11-5-7-17-9-11/h11-12,15H,3-10H2,1-2H3. The van der Waals surface area contributed by atoms with E-state index in [9.17, 15) is 4.79 Å². The third kappa shape index (κ3) is 3.46. The van der Waals surface area contributed by atoms with Crippen molar-refractivity contribution in [2.45, 2.75) is 44.2 Å². The average Bonchev–Trinajstić information content (AvgIpc) is 3.07. The van der Waals surface area contributed by atoms with Gasteiger partial charge in [0.15, 0.2) is 0 Å². The smallest absolute Gasteiger partial charge is 0.326 e. The van der Waals surface area contributed by atoms with E-state index in [0.29, 0.717) is 18.9 Å². The number of ether oxygens (including phenoxy) is 3. The van der Waals surface area contributed by atoms with Crippen LogP contribution in [-0.2, 0) is 19.0 Å². The summed E-state index contributed by atoms with van der Waals surface area (Å²) in [5.74, 6) is 0.375. The van der Waals surface area contributed by atoms with Crippen molar-refractivity contribution in [2.75, 3.05) is 33.5 Å². The molecule has 0 aromatic heterocycles. The number of hydrogen-bond acceptors (Lipinski definition) is 5. The van der Waals surface area contributed by atoms with Crippen molar-refractivity contribution in [3.63, 3.8) is 0 Å². The van der Waals surface area contributed by atoms with Crippen molar-refractivity contribution < 1.29 is 19.0 Å². The number of nitrogens with one attached hydrogen (secondary N) is 1. The molecule has 1 heterocycles. The lowest BCUT2D eigenvalue weighted by molar-refractivity contribution is -0.151. The Morgan fingerprint density at radius 3 is 2.95 bits per heavy atom. The molecule has 0 spiro atoms. The monoisotopic (exact) mass is 271 g/mol. The summed E-state index contributed by atoms with van der Waals surface area (Å²) in [7, 11) is 1.82. The van der Waals surface area contributed by atoms with Gasteiger partial charge in [0, 0.05) is 18.9 Å². The van der Waals surface area contributed by atoms with Crippen molar-refractivity contribution in [3.05, 3.63) is 0 Å². The minimum Gasteiger partial charge on any atom is -0.465 e. The molecular weight excluding hydrogens is 246 g/mol. The fraction of sp³-hybridized carbons (Fsp3) is 0.929. The molecule has 19 heavy (non-hydrogen) atoms. The minimum absolute atomic E-state index is 0.146. The Bertz CT molecular complexity index is 304. The lowest BCUT2D eigenvalue weighted by Crippen LogP contribution is -2.49. The van der Waals surface area contributed by atoms with Gasteiger partial charge in [0.1, 0.15) is 5.54 Å². The maximum Gasteiger partial charge on any atom is 0.326 e. The Morgan fingerprint density at radius 1 is 1.47 bits per heavy atom. The summed E-state index contributed by atoms with van der Waals surface area (Å²) in [5, 5.41) is 3.14. The van der Waals surface area contributed by atoms with Gasteiger partial charge >= 0.3 is 5.97 Å². The van der Waals surface area contributed by atoms with Crippen LogP contribution in [0.5, 0.6) is 0 Å². The van der Waals surface area contributed by atoms with Gasteiger partial charge in [0.2, 0.25) is 0 Å². The Hall–Kier alpha value is -0.650. The molecule has 110 valence electrons. The van der Waals surface area contributed by atoms with E-state index in [0.717, 1.165) is 39.1 Å². The summed E-state index contributed by atoms with van der Waals surface area (Å²) in [5.41, 5.74) is -0.549. The highest BCUT2D eigenvalue weighted by molar-refractivity contribution is 5.81. The minimum atomic E-state index is -0.549. The van der Waals surface area contributed by atoms with Crippen LogP contribution in [0.15, 0.2) is 0 Å². The number of hydrogen-bond donors (Lipinski definition) is 1. The number of carbonyl (C=O) groups is 1. The van der Waals surface area contributed by atoms with Crippen molar-refractivity contribution in [2.24, 2.45) is 5.92 Å². The molecule has 3 unspecified atom stereocenters. The Morgan fingerprint density at radius 2 is 2.32 bits per heavy atom. The molecular formula is C14H25NO4. The van der Waals surface area contributed by atoms with Crippen molar-refractivity contribution in [1.82, 2.24) is 5.32 Å². The van der Waals surface area contributed by atoms with E-state index in [1.54, 1.807) is 0 Å². The van der Waals surface area contributed by atoms with Crippen LogP contribution in [0.2, 0.25) is 0 Å². The molecule has 1 aliphatic heterocycles. The van der Waals surface area contributed by atoms with E-state index in [-0.39, 0.29) is 12.1 Å². The van der Waals surface area contributed by atoms with Gasteiger partial charge in [-0.1, -0.05) is 0 Å². The maximum absolute atomic E-state index is 12.0. The zero-order valence-electron chi connectivity index (χ0n) is 11.9. The van der Waals surface area contributed by atoms with Gasteiger partial charge in [-0.15, -0.1) is 0 Å². The van der Waals surface area contributed by atoms with Crippen LogP contribution in [0.4, 0.5) is 0 Å². The fourth-order valence-corrected chi connectivity index (χ4v) is 2.91. The summed E-state index contributed by atoms with van der Waals surface area (Å²) in [4.78, 5) is 12.0. The second kappa shape index (κ2) is 6.68. The van der Waals surface area contributed by atoms with Gasteiger partial charge in [-0.05, 0) is 33.2 Å². The average molecular weight is 271 g/mol. The van der Waals surface area contributed by atoms with Gasteiger partial charge in [-0.25, -0.2) is 0 Å². The second-order valence-corrected chi connectivity index (χ2v) is 5.48. The van der Waals surface area contributed by atoms with Crippen molar-refractivity contribution in [1.29, 1.82) is 0 Å². The summed E-state index contributed by atoms with van der Waals surface area (Å²) in [6.45, 7) is 4.66. The molecule has 1 aliphatic carbocycles. The third-order valence-electron chi connectivity index (χ3n) is 4.21. The second-order valence-electron chi connectivity index (χ2n) is 5.48. The zero-order chi connectivity index (χ0) is 13.7. The number of carbonyl (C=O) groups excluding carboxylic acids is 1. The molecule has 5 nitrogen and oxygen atoms in total. The lowest BCUT2D eigenvalue weighted by atomic mass is 9.98. The number of likely N-dealkylation sites (N-methyl/N-ethyl adjacent to an activating group) is 1. The predicted molar refractivity (Wildman–Crippen MR) is 70.9 cm³/mol. The Kier molecular flexibility index (Phi) is 5.19. The van der Waals surface area contributed by atoms with Crippen LogP contribution in [0.1, 0.15) is 32.6 Å². The molecule has 3 atom stereocenters. The lowest BCUT2D eigenvalue weighted by Gasteiger charge is -2.26. The molecule has 2 fully saturated rings. The Balaban J connectivity index is 1.81. The zero-order valence-corrected chi connectivity index (χ0v) is 11.9. The van der Waals surface area contributed by atoms with Gasteiger partial charge in [-0.2, -0.15) is 0 Å². The van der Waals surface area contributed by atoms with E-state index >= 15 is 0 Å². The van der Waals surface area contributed by atoms with Crippen LogP contribution in [0, 0.1) is 5.92 Å². The molecule has 0 aromatic rings. The van der Waals surface area contributed by atoms with Crippen molar-refractivity contribution >= 4 is 5.97 Å². The third-order valence-corrected chi connectivity index (χ3v) is 4.21. The molecule has 2 rings (SSSR count). The quantitative estimate of drug-likeness (QED) is 0.734. The first-order valence-corrected chi connectivity index (χ1v) is 7.25. The van der Waals surface area contributed by atoms with Gasteiger partial charge in [-0.3, -0.25) is 4.79 Å². The summed E-state index contributed by atoms with van der Waals surface area (Å²) < 4.78 is 16.5. The molecule has 0 radical (unpaired) electrons. The molecule has 1 saturated heterocycles. The highest BCUT2D eigenvalue weighted by atomic mass is 16.5. The summed E-state index contributed by atoms with van der Waals surface area (Å²) in [6, 6.07) is 0. The maximum atomic E-state index is 12.0. The van der Waals surface area contributed by atoms with Gasteiger partial charge in [0.05, 0.1) is 25.9 Å².